The van der Waals surface area contributed by atoms with Crippen LogP contribution >= 0.6 is 11.8 Å². The van der Waals surface area contributed by atoms with Crippen molar-refractivity contribution in [2.45, 2.75) is 32.9 Å². The van der Waals surface area contributed by atoms with Crippen LogP contribution in [0.1, 0.15) is 19.7 Å². The number of rotatable bonds is 5. The molecule has 2 rings (SSSR count). The molecule has 17 heavy (non-hydrogen) atoms. The average molecular weight is 254 g/mol. The van der Waals surface area contributed by atoms with Crippen molar-refractivity contribution in [3.8, 4) is 0 Å². The molecule has 96 valence electrons. The predicted molar refractivity (Wildman–Crippen MR) is 72.2 cm³/mol. The molecule has 0 bridgehead atoms. The van der Waals surface area contributed by atoms with E-state index in [1.165, 1.54) is 11.5 Å². The first kappa shape index (κ1) is 12.9. The first-order chi connectivity index (χ1) is 8.20. The van der Waals surface area contributed by atoms with Gasteiger partial charge in [0.1, 0.15) is 12.2 Å². The summed E-state index contributed by atoms with van der Waals surface area (Å²) in [5.41, 5.74) is 0. The van der Waals surface area contributed by atoms with Gasteiger partial charge in [-0.15, -0.1) is 0 Å². The number of aromatic nitrogens is 3. The Morgan fingerprint density at radius 2 is 2.35 bits per heavy atom. The summed E-state index contributed by atoms with van der Waals surface area (Å²) in [5.74, 6) is 4.92. The number of thioether (sulfide) groups is 1. The number of nitrogens with zero attached hydrogens (tertiary/aromatic N) is 3. The third-order valence-electron chi connectivity index (χ3n) is 3.25. The topological polar surface area (TPSA) is 42.7 Å². The molecule has 2 atom stereocenters. The Balaban J connectivity index is 2.00. The maximum atomic E-state index is 4.42. The molecule has 0 aromatic carbocycles. The van der Waals surface area contributed by atoms with Crippen LogP contribution in [-0.4, -0.2) is 39.4 Å². The zero-order valence-corrected chi connectivity index (χ0v) is 11.7. The van der Waals surface area contributed by atoms with Crippen LogP contribution < -0.4 is 5.32 Å². The summed E-state index contributed by atoms with van der Waals surface area (Å²) < 4.78 is 2.07. The van der Waals surface area contributed by atoms with Gasteiger partial charge in [0.2, 0.25) is 0 Å². The van der Waals surface area contributed by atoms with Gasteiger partial charge in [-0.2, -0.15) is 16.9 Å². The Bertz CT molecular complexity index is 350. The molecular weight excluding hydrogens is 232 g/mol. The Morgan fingerprint density at radius 1 is 1.53 bits per heavy atom. The Kier molecular flexibility index (Phi) is 4.45. The second kappa shape index (κ2) is 5.87. The molecule has 2 heterocycles. The summed E-state index contributed by atoms with van der Waals surface area (Å²) in [6, 6.07) is 0.629. The van der Waals surface area contributed by atoms with Gasteiger partial charge in [-0.05, 0) is 24.6 Å². The summed E-state index contributed by atoms with van der Waals surface area (Å²) in [6.45, 7) is 5.40. The standard InChI is InChI=1S/C12H22N4S/c1-9(2)5-16-12(14-8-15-16)4-10-6-17-7-11(10)13-3/h8-11,13H,4-7H2,1-3H3. The Hall–Kier alpha value is -0.550. The lowest BCUT2D eigenvalue weighted by Crippen LogP contribution is -2.34. The van der Waals surface area contributed by atoms with E-state index in [2.05, 4.69) is 41.0 Å². The number of nitrogens with one attached hydrogen (secondary N) is 1. The molecule has 2 unspecified atom stereocenters. The van der Waals surface area contributed by atoms with Crippen molar-refractivity contribution in [3.05, 3.63) is 12.2 Å². The van der Waals surface area contributed by atoms with Gasteiger partial charge in [-0.25, -0.2) is 9.67 Å². The van der Waals surface area contributed by atoms with E-state index in [4.69, 9.17) is 0 Å². The highest BCUT2D eigenvalue weighted by Crippen LogP contribution is 2.26. The molecule has 1 aliphatic heterocycles. The molecule has 1 saturated heterocycles. The van der Waals surface area contributed by atoms with E-state index in [1.807, 2.05) is 11.8 Å². The molecule has 0 radical (unpaired) electrons. The third kappa shape index (κ3) is 3.22. The molecule has 1 N–H and O–H groups in total. The Labute approximate surface area is 108 Å². The van der Waals surface area contributed by atoms with Crippen molar-refractivity contribution in [1.29, 1.82) is 0 Å². The highest BCUT2D eigenvalue weighted by molar-refractivity contribution is 7.99. The van der Waals surface area contributed by atoms with E-state index < -0.39 is 0 Å². The average Bonchev–Trinajstić information content (AvgIpc) is 2.88. The minimum atomic E-state index is 0.619. The molecule has 1 aromatic heterocycles. The lowest BCUT2D eigenvalue weighted by atomic mass is 9.99. The molecule has 1 fully saturated rings. The van der Waals surface area contributed by atoms with Gasteiger partial charge in [0, 0.05) is 24.8 Å². The van der Waals surface area contributed by atoms with Crippen molar-refractivity contribution < 1.29 is 0 Å². The molecule has 0 saturated carbocycles. The van der Waals surface area contributed by atoms with Gasteiger partial charge in [-0.3, -0.25) is 0 Å². The molecule has 4 nitrogen and oxygen atoms in total. The zero-order chi connectivity index (χ0) is 12.3. The quantitative estimate of drug-likeness (QED) is 0.863. The van der Waals surface area contributed by atoms with E-state index >= 15 is 0 Å². The van der Waals surface area contributed by atoms with Crippen molar-refractivity contribution in [1.82, 2.24) is 20.1 Å². The van der Waals surface area contributed by atoms with Crippen LogP contribution in [0.2, 0.25) is 0 Å². The summed E-state index contributed by atoms with van der Waals surface area (Å²) in [5, 5.41) is 7.74. The monoisotopic (exact) mass is 254 g/mol. The summed E-state index contributed by atoms with van der Waals surface area (Å²) >= 11 is 2.04. The highest BCUT2D eigenvalue weighted by Gasteiger charge is 2.27. The van der Waals surface area contributed by atoms with E-state index in [-0.39, 0.29) is 0 Å². The van der Waals surface area contributed by atoms with Gasteiger partial charge in [0.05, 0.1) is 0 Å². The maximum absolute atomic E-state index is 4.42. The fourth-order valence-corrected chi connectivity index (χ4v) is 3.78. The van der Waals surface area contributed by atoms with E-state index in [9.17, 15) is 0 Å². The smallest absolute Gasteiger partial charge is 0.138 e. The number of hydrogen-bond donors (Lipinski definition) is 1. The van der Waals surface area contributed by atoms with Crippen LogP contribution in [0.15, 0.2) is 6.33 Å². The molecule has 5 heteroatoms. The summed E-state index contributed by atoms with van der Waals surface area (Å²) in [4.78, 5) is 4.42. The minimum absolute atomic E-state index is 0.619. The lowest BCUT2D eigenvalue weighted by Gasteiger charge is -2.18. The van der Waals surface area contributed by atoms with Crippen molar-refractivity contribution in [3.63, 3.8) is 0 Å². The maximum Gasteiger partial charge on any atom is 0.138 e. The van der Waals surface area contributed by atoms with Gasteiger partial charge < -0.3 is 5.32 Å². The van der Waals surface area contributed by atoms with Crippen molar-refractivity contribution in [2.24, 2.45) is 11.8 Å². The molecular formula is C12H22N4S. The summed E-state index contributed by atoms with van der Waals surface area (Å²) in [7, 11) is 2.06. The molecule has 0 amide bonds. The van der Waals surface area contributed by atoms with Crippen LogP contribution in [0.3, 0.4) is 0 Å². The van der Waals surface area contributed by atoms with Gasteiger partial charge in [-0.1, -0.05) is 13.8 Å². The largest absolute Gasteiger partial charge is 0.316 e. The van der Waals surface area contributed by atoms with E-state index in [0.717, 1.165) is 18.8 Å². The van der Waals surface area contributed by atoms with E-state index in [0.29, 0.717) is 17.9 Å². The first-order valence-corrected chi connectivity index (χ1v) is 7.48. The second-order valence-corrected chi connectivity index (χ2v) is 6.22. The van der Waals surface area contributed by atoms with Crippen molar-refractivity contribution >= 4 is 11.8 Å². The molecule has 0 aliphatic carbocycles. The highest BCUT2D eigenvalue weighted by atomic mass is 32.2. The summed E-state index contributed by atoms with van der Waals surface area (Å²) in [6.07, 6.45) is 2.74. The fourth-order valence-electron chi connectivity index (χ4n) is 2.30. The lowest BCUT2D eigenvalue weighted by molar-refractivity contribution is 0.413. The first-order valence-electron chi connectivity index (χ1n) is 6.32. The fraction of sp³-hybridized carbons (Fsp3) is 0.833. The normalized spacial score (nSPS) is 24.7. The van der Waals surface area contributed by atoms with Crippen LogP contribution in [0.5, 0.6) is 0 Å². The minimum Gasteiger partial charge on any atom is -0.316 e. The SMILES string of the molecule is CNC1CSCC1Cc1ncnn1CC(C)C. The van der Waals surface area contributed by atoms with Crippen LogP contribution in [0.4, 0.5) is 0 Å². The zero-order valence-electron chi connectivity index (χ0n) is 10.9. The second-order valence-electron chi connectivity index (χ2n) is 5.15. The predicted octanol–water partition coefficient (Wildman–Crippen LogP) is 1.43. The Morgan fingerprint density at radius 3 is 3.06 bits per heavy atom. The third-order valence-corrected chi connectivity index (χ3v) is 4.51. The van der Waals surface area contributed by atoms with Crippen LogP contribution in [-0.2, 0) is 13.0 Å². The number of hydrogen-bond acceptors (Lipinski definition) is 4. The molecule has 1 aliphatic rings. The van der Waals surface area contributed by atoms with E-state index in [1.54, 1.807) is 6.33 Å². The van der Waals surface area contributed by atoms with Crippen LogP contribution in [0.25, 0.3) is 0 Å². The van der Waals surface area contributed by atoms with Gasteiger partial charge >= 0.3 is 0 Å². The molecule has 1 aromatic rings. The van der Waals surface area contributed by atoms with Gasteiger partial charge in [0.15, 0.2) is 0 Å². The van der Waals surface area contributed by atoms with Crippen molar-refractivity contribution in [2.75, 3.05) is 18.6 Å². The van der Waals surface area contributed by atoms with Gasteiger partial charge in [0.25, 0.3) is 0 Å². The van der Waals surface area contributed by atoms with Crippen LogP contribution in [0, 0.1) is 11.8 Å². The molecule has 0 spiro atoms.